The van der Waals surface area contributed by atoms with E-state index in [0.29, 0.717) is 12.3 Å². The summed E-state index contributed by atoms with van der Waals surface area (Å²) in [6.45, 7) is 5.32. The normalized spacial score (nSPS) is 12.0. The Morgan fingerprint density at radius 3 is 2.12 bits per heavy atom. The van der Waals surface area contributed by atoms with Crippen LogP contribution in [-0.2, 0) is 26.2 Å². The Morgan fingerprint density at radius 2 is 1.55 bits per heavy atom. The van der Waals surface area contributed by atoms with Crippen LogP contribution in [0.4, 0.5) is 10.1 Å². The van der Waals surface area contributed by atoms with Crippen LogP contribution in [0.5, 0.6) is 11.5 Å². The van der Waals surface area contributed by atoms with E-state index >= 15 is 0 Å². The average molecular weight is 665 g/mol. The van der Waals surface area contributed by atoms with Crippen LogP contribution in [0.25, 0.3) is 0 Å². The number of benzene rings is 3. The highest BCUT2D eigenvalue weighted by molar-refractivity contribution is 9.10. The molecule has 9 nitrogen and oxygen atoms in total. The summed E-state index contributed by atoms with van der Waals surface area (Å²) in [6, 6.07) is 15.2. The van der Waals surface area contributed by atoms with E-state index in [1.54, 1.807) is 19.1 Å². The first-order valence-corrected chi connectivity index (χ1v) is 15.4. The van der Waals surface area contributed by atoms with Crippen LogP contribution >= 0.6 is 15.9 Å². The lowest BCUT2D eigenvalue weighted by atomic mass is 10.1. The first kappa shape index (κ1) is 32.9. The SMILES string of the molecule is COc1ccc(S(=O)(=O)N(CC(=O)N(Cc2ccc(Br)cc2)[C@@H](C)C(=O)NCC(C)C)c2ccc(F)cc2)cc1OC. The molecule has 42 heavy (non-hydrogen) atoms. The topological polar surface area (TPSA) is 105 Å². The Hall–Kier alpha value is -3.64. The molecular formula is C30H35BrFN3O6S. The minimum Gasteiger partial charge on any atom is -0.493 e. The quantitative estimate of drug-likeness (QED) is 0.276. The Kier molecular flexibility index (Phi) is 11.3. The predicted molar refractivity (Wildman–Crippen MR) is 162 cm³/mol. The minimum atomic E-state index is -4.38. The van der Waals surface area contributed by atoms with Crippen molar-refractivity contribution in [3.63, 3.8) is 0 Å². The lowest BCUT2D eigenvalue weighted by molar-refractivity contribution is -0.139. The third-order valence-corrected chi connectivity index (χ3v) is 8.75. The third-order valence-electron chi connectivity index (χ3n) is 6.45. The van der Waals surface area contributed by atoms with Crippen molar-refractivity contribution >= 4 is 43.5 Å². The summed E-state index contributed by atoms with van der Waals surface area (Å²) in [6.07, 6.45) is 0. The molecule has 0 heterocycles. The molecule has 0 unspecified atom stereocenters. The maximum absolute atomic E-state index is 14.0. The van der Waals surface area contributed by atoms with Gasteiger partial charge in [-0.25, -0.2) is 12.8 Å². The van der Waals surface area contributed by atoms with Gasteiger partial charge in [0.2, 0.25) is 11.8 Å². The molecule has 0 fully saturated rings. The molecule has 0 aliphatic carbocycles. The maximum Gasteiger partial charge on any atom is 0.264 e. The molecule has 0 saturated heterocycles. The van der Waals surface area contributed by atoms with Crippen molar-refractivity contribution in [1.29, 1.82) is 0 Å². The van der Waals surface area contributed by atoms with Gasteiger partial charge in [0.15, 0.2) is 11.5 Å². The van der Waals surface area contributed by atoms with Gasteiger partial charge in [0.25, 0.3) is 10.0 Å². The van der Waals surface area contributed by atoms with Crippen molar-refractivity contribution in [2.24, 2.45) is 5.92 Å². The van der Waals surface area contributed by atoms with Crippen molar-refractivity contribution in [3.8, 4) is 11.5 Å². The van der Waals surface area contributed by atoms with E-state index in [9.17, 15) is 22.4 Å². The first-order chi connectivity index (χ1) is 19.9. The molecule has 2 amide bonds. The van der Waals surface area contributed by atoms with Gasteiger partial charge in [-0.05, 0) is 66.9 Å². The Labute approximate surface area is 254 Å². The van der Waals surface area contributed by atoms with Crippen molar-refractivity contribution < 1.29 is 31.9 Å². The van der Waals surface area contributed by atoms with E-state index in [1.807, 2.05) is 26.0 Å². The summed E-state index contributed by atoms with van der Waals surface area (Å²) in [4.78, 5) is 28.2. The minimum absolute atomic E-state index is 0.0516. The number of carbonyl (C=O) groups is 2. The van der Waals surface area contributed by atoms with Crippen LogP contribution in [0.15, 0.2) is 76.1 Å². The number of anilines is 1. The van der Waals surface area contributed by atoms with E-state index in [0.717, 1.165) is 26.5 Å². The standard InChI is InChI=1S/C30H35BrFN3O6S/c1-20(2)17-33-30(37)21(3)34(18-22-6-8-23(31)9-7-22)29(36)19-35(25-12-10-24(32)11-13-25)42(38,39)26-14-15-27(40-4)28(16-26)41-5/h6-16,20-21H,17-19H2,1-5H3,(H,33,37)/t21-/m0/s1. The Morgan fingerprint density at radius 1 is 0.929 bits per heavy atom. The molecule has 12 heteroatoms. The largest absolute Gasteiger partial charge is 0.493 e. The molecule has 0 bridgehead atoms. The van der Waals surface area contributed by atoms with Gasteiger partial charge >= 0.3 is 0 Å². The Bertz CT molecular complexity index is 1480. The van der Waals surface area contributed by atoms with Gasteiger partial charge in [-0.15, -0.1) is 0 Å². The van der Waals surface area contributed by atoms with Crippen molar-refractivity contribution in [3.05, 3.63) is 82.6 Å². The van der Waals surface area contributed by atoms with Crippen molar-refractivity contribution in [2.75, 3.05) is 31.6 Å². The molecule has 0 aromatic heterocycles. The molecular weight excluding hydrogens is 629 g/mol. The fraction of sp³-hybridized carbons (Fsp3) is 0.333. The number of nitrogens with zero attached hydrogens (tertiary/aromatic N) is 2. The van der Waals surface area contributed by atoms with Gasteiger partial charge in [-0.1, -0.05) is 41.9 Å². The lowest BCUT2D eigenvalue weighted by Crippen LogP contribution is -2.51. The lowest BCUT2D eigenvalue weighted by Gasteiger charge is -2.32. The van der Waals surface area contributed by atoms with Gasteiger partial charge < -0.3 is 19.7 Å². The van der Waals surface area contributed by atoms with Crippen LogP contribution in [0.1, 0.15) is 26.3 Å². The fourth-order valence-electron chi connectivity index (χ4n) is 4.06. The summed E-state index contributed by atoms with van der Waals surface area (Å²) < 4.78 is 54.1. The molecule has 3 aromatic rings. The average Bonchev–Trinajstić information content (AvgIpc) is 2.97. The molecule has 3 aromatic carbocycles. The molecule has 0 radical (unpaired) electrons. The number of methoxy groups -OCH3 is 2. The smallest absolute Gasteiger partial charge is 0.264 e. The summed E-state index contributed by atoms with van der Waals surface area (Å²) in [7, 11) is -1.58. The summed E-state index contributed by atoms with van der Waals surface area (Å²) in [5, 5.41) is 2.84. The molecule has 0 aliphatic rings. The second-order valence-corrected chi connectivity index (χ2v) is 12.7. The second-order valence-electron chi connectivity index (χ2n) is 9.97. The molecule has 1 atom stereocenters. The maximum atomic E-state index is 14.0. The number of carbonyl (C=O) groups excluding carboxylic acids is 2. The van der Waals surface area contributed by atoms with Crippen LogP contribution < -0.4 is 19.1 Å². The van der Waals surface area contributed by atoms with Gasteiger partial charge in [0, 0.05) is 23.6 Å². The fourth-order valence-corrected chi connectivity index (χ4v) is 5.76. The van der Waals surface area contributed by atoms with Gasteiger partial charge in [0.1, 0.15) is 18.4 Å². The molecule has 0 saturated carbocycles. The Balaban J connectivity index is 2.04. The van der Waals surface area contributed by atoms with Crippen LogP contribution in [0.3, 0.4) is 0 Å². The highest BCUT2D eigenvalue weighted by atomic mass is 79.9. The number of hydrogen-bond acceptors (Lipinski definition) is 6. The van der Waals surface area contributed by atoms with Crippen LogP contribution in [-0.4, -0.2) is 58.5 Å². The van der Waals surface area contributed by atoms with Gasteiger partial charge in [-0.3, -0.25) is 13.9 Å². The summed E-state index contributed by atoms with van der Waals surface area (Å²) >= 11 is 3.39. The molecule has 3 rings (SSSR count). The van der Waals surface area contributed by atoms with E-state index in [4.69, 9.17) is 9.47 Å². The number of rotatable bonds is 13. The second kappa shape index (κ2) is 14.5. The molecule has 226 valence electrons. The van der Waals surface area contributed by atoms with Crippen LogP contribution in [0, 0.1) is 11.7 Å². The van der Waals surface area contributed by atoms with E-state index in [1.165, 1.54) is 49.5 Å². The highest BCUT2D eigenvalue weighted by Gasteiger charge is 2.33. The number of nitrogens with one attached hydrogen (secondary N) is 1. The first-order valence-electron chi connectivity index (χ1n) is 13.2. The van der Waals surface area contributed by atoms with Crippen LogP contribution in [0.2, 0.25) is 0 Å². The van der Waals surface area contributed by atoms with Gasteiger partial charge in [-0.2, -0.15) is 0 Å². The number of halogens is 2. The number of ether oxygens (including phenoxy) is 2. The van der Waals surface area contributed by atoms with Gasteiger partial charge in [0.05, 0.1) is 24.8 Å². The summed E-state index contributed by atoms with van der Waals surface area (Å²) in [5.41, 5.74) is 0.811. The number of amides is 2. The molecule has 0 spiro atoms. The third kappa shape index (κ3) is 8.22. The van der Waals surface area contributed by atoms with E-state index < -0.39 is 34.3 Å². The number of sulfonamides is 1. The molecule has 0 aliphatic heterocycles. The molecule has 1 N–H and O–H groups in total. The van der Waals surface area contributed by atoms with E-state index in [-0.39, 0.29) is 34.7 Å². The van der Waals surface area contributed by atoms with Crippen molar-refractivity contribution in [2.45, 2.75) is 38.3 Å². The monoisotopic (exact) mass is 663 g/mol. The van der Waals surface area contributed by atoms with Crippen molar-refractivity contribution in [1.82, 2.24) is 10.2 Å². The van der Waals surface area contributed by atoms with E-state index in [2.05, 4.69) is 21.2 Å². The zero-order valence-electron chi connectivity index (χ0n) is 24.1. The highest BCUT2D eigenvalue weighted by Crippen LogP contribution is 2.32. The zero-order chi connectivity index (χ0) is 31.0. The predicted octanol–water partition coefficient (Wildman–Crippen LogP) is 4.99. The number of hydrogen-bond donors (Lipinski definition) is 1. The summed E-state index contributed by atoms with van der Waals surface area (Å²) in [5.74, 6) is -0.874. The zero-order valence-corrected chi connectivity index (χ0v) is 26.5.